The van der Waals surface area contributed by atoms with Crippen LogP contribution in [0.2, 0.25) is 10.0 Å². The van der Waals surface area contributed by atoms with Crippen molar-refractivity contribution in [2.24, 2.45) is 4.99 Å². The van der Waals surface area contributed by atoms with E-state index in [-0.39, 0.29) is 5.54 Å². The number of hydrogen-bond donors (Lipinski definition) is 2. The van der Waals surface area contributed by atoms with Gasteiger partial charge in [-0.2, -0.15) is 5.26 Å². The Bertz CT molecular complexity index is 517. The highest BCUT2D eigenvalue weighted by Gasteiger charge is 2.25. The number of rotatable bonds is 5. The summed E-state index contributed by atoms with van der Waals surface area (Å²) in [6, 6.07) is 5.11. The average molecular weight is 327 g/mol. The Labute approximate surface area is 136 Å². The van der Waals surface area contributed by atoms with Crippen LogP contribution in [0.3, 0.4) is 0 Å². The Morgan fingerprint density at radius 1 is 1.14 bits per heavy atom. The molecule has 0 amide bonds. The molecule has 21 heavy (non-hydrogen) atoms. The molecule has 0 aliphatic carbocycles. The number of hydrogen-bond acceptors (Lipinski definition) is 2. The zero-order valence-corrected chi connectivity index (χ0v) is 14.0. The Hall–Kier alpha value is -1.44. The van der Waals surface area contributed by atoms with Gasteiger partial charge in [-0.1, -0.05) is 44.0 Å². The SMILES string of the molecule is CCC(CC)(CC)N/C(=N\C#N)Nc1cc(Cl)cc(Cl)c1. The first-order chi connectivity index (χ1) is 9.98. The van der Waals surface area contributed by atoms with Gasteiger partial charge >= 0.3 is 0 Å². The van der Waals surface area contributed by atoms with Crippen molar-refractivity contribution < 1.29 is 0 Å². The molecule has 0 radical (unpaired) electrons. The fourth-order valence-electron chi connectivity index (χ4n) is 2.17. The summed E-state index contributed by atoms with van der Waals surface area (Å²) in [5.74, 6) is 0.404. The third-order valence-corrected chi connectivity index (χ3v) is 4.14. The lowest BCUT2D eigenvalue weighted by molar-refractivity contribution is 0.339. The maximum absolute atomic E-state index is 8.87. The van der Waals surface area contributed by atoms with Crippen molar-refractivity contribution in [3.8, 4) is 6.19 Å². The van der Waals surface area contributed by atoms with E-state index in [9.17, 15) is 0 Å². The first-order valence-corrected chi connectivity index (χ1v) is 7.72. The van der Waals surface area contributed by atoms with Gasteiger partial charge < -0.3 is 10.6 Å². The quantitative estimate of drug-likeness (QED) is 0.464. The van der Waals surface area contributed by atoms with Crippen LogP contribution in [-0.4, -0.2) is 11.5 Å². The summed E-state index contributed by atoms with van der Waals surface area (Å²) in [6.45, 7) is 6.33. The molecule has 0 heterocycles. The lowest BCUT2D eigenvalue weighted by Gasteiger charge is -2.33. The molecule has 0 aliphatic heterocycles. The zero-order valence-electron chi connectivity index (χ0n) is 12.5. The topological polar surface area (TPSA) is 60.2 Å². The van der Waals surface area contributed by atoms with Gasteiger partial charge in [-0.3, -0.25) is 0 Å². The predicted octanol–water partition coefficient (Wildman–Crippen LogP) is 4.80. The highest BCUT2D eigenvalue weighted by Crippen LogP contribution is 2.23. The Morgan fingerprint density at radius 2 is 1.67 bits per heavy atom. The smallest absolute Gasteiger partial charge is 0.212 e. The van der Waals surface area contributed by atoms with Crippen LogP contribution in [-0.2, 0) is 0 Å². The van der Waals surface area contributed by atoms with Crippen molar-refractivity contribution >= 4 is 34.8 Å². The maximum atomic E-state index is 8.87. The van der Waals surface area contributed by atoms with E-state index in [4.69, 9.17) is 28.5 Å². The minimum Gasteiger partial charge on any atom is -0.350 e. The second-order valence-corrected chi connectivity index (χ2v) is 5.68. The minimum atomic E-state index is -0.0922. The van der Waals surface area contributed by atoms with Crippen molar-refractivity contribution in [1.82, 2.24) is 5.32 Å². The third-order valence-electron chi connectivity index (χ3n) is 3.70. The molecule has 0 aliphatic rings. The van der Waals surface area contributed by atoms with Gasteiger partial charge in [0, 0.05) is 21.3 Å². The second kappa shape index (κ2) is 8.11. The van der Waals surface area contributed by atoms with E-state index in [1.54, 1.807) is 18.2 Å². The molecule has 1 aromatic carbocycles. The summed E-state index contributed by atoms with van der Waals surface area (Å²) >= 11 is 12.0. The third kappa shape index (κ3) is 5.11. The Kier molecular flexibility index (Phi) is 6.80. The maximum Gasteiger partial charge on any atom is 0.212 e. The molecule has 0 saturated carbocycles. The van der Waals surface area contributed by atoms with E-state index in [1.165, 1.54) is 0 Å². The molecule has 0 atom stereocenters. The highest BCUT2D eigenvalue weighted by molar-refractivity contribution is 6.35. The van der Waals surface area contributed by atoms with Gasteiger partial charge in [-0.25, -0.2) is 0 Å². The van der Waals surface area contributed by atoms with Gasteiger partial charge in [-0.15, -0.1) is 4.99 Å². The zero-order chi connectivity index (χ0) is 15.9. The first kappa shape index (κ1) is 17.6. The number of nitrogens with one attached hydrogen (secondary N) is 2. The van der Waals surface area contributed by atoms with Crippen LogP contribution in [0.5, 0.6) is 0 Å². The van der Waals surface area contributed by atoms with Gasteiger partial charge in [-0.05, 0) is 37.5 Å². The summed E-state index contributed by atoms with van der Waals surface area (Å²) in [5.41, 5.74) is 0.594. The minimum absolute atomic E-state index is 0.0922. The fraction of sp³-hybridized carbons (Fsp3) is 0.467. The molecule has 1 aromatic rings. The van der Waals surface area contributed by atoms with Crippen molar-refractivity contribution in [1.29, 1.82) is 5.26 Å². The van der Waals surface area contributed by atoms with E-state index in [1.807, 2.05) is 6.19 Å². The summed E-state index contributed by atoms with van der Waals surface area (Å²) in [4.78, 5) is 3.82. The van der Waals surface area contributed by atoms with E-state index < -0.39 is 0 Å². The molecule has 2 N–H and O–H groups in total. The van der Waals surface area contributed by atoms with E-state index in [0.29, 0.717) is 21.7 Å². The number of nitriles is 1. The lowest BCUT2D eigenvalue weighted by Crippen LogP contribution is -2.49. The summed E-state index contributed by atoms with van der Waals surface area (Å²) in [5, 5.41) is 16.3. The molecule has 114 valence electrons. The van der Waals surface area contributed by atoms with Crippen molar-refractivity contribution in [2.45, 2.75) is 45.6 Å². The molecule has 4 nitrogen and oxygen atoms in total. The number of guanidine groups is 1. The normalized spacial score (nSPS) is 11.9. The molecule has 0 aromatic heterocycles. The Morgan fingerprint density at radius 3 is 2.10 bits per heavy atom. The van der Waals surface area contributed by atoms with Crippen LogP contribution < -0.4 is 10.6 Å². The fourth-order valence-corrected chi connectivity index (χ4v) is 2.69. The predicted molar refractivity (Wildman–Crippen MR) is 89.9 cm³/mol. The Balaban J connectivity index is 2.98. The monoisotopic (exact) mass is 326 g/mol. The van der Waals surface area contributed by atoms with Crippen LogP contribution in [0.4, 0.5) is 5.69 Å². The van der Waals surface area contributed by atoms with E-state index in [2.05, 4.69) is 36.4 Å². The number of nitrogens with zero attached hydrogens (tertiary/aromatic N) is 2. The van der Waals surface area contributed by atoms with Gasteiger partial charge in [0.1, 0.15) is 0 Å². The first-order valence-electron chi connectivity index (χ1n) is 6.96. The molecule has 6 heteroatoms. The molecule has 1 rings (SSSR count). The van der Waals surface area contributed by atoms with Crippen molar-refractivity contribution in [3.05, 3.63) is 28.2 Å². The highest BCUT2D eigenvalue weighted by atomic mass is 35.5. The van der Waals surface area contributed by atoms with Crippen LogP contribution >= 0.6 is 23.2 Å². The van der Waals surface area contributed by atoms with Gasteiger partial charge in [0.05, 0.1) is 0 Å². The lowest BCUT2D eigenvalue weighted by atomic mass is 9.90. The van der Waals surface area contributed by atoms with Crippen LogP contribution in [0, 0.1) is 11.5 Å². The second-order valence-electron chi connectivity index (χ2n) is 4.81. The van der Waals surface area contributed by atoms with Crippen LogP contribution in [0.15, 0.2) is 23.2 Å². The summed E-state index contributed by atoms with van der Waals surface area (Å²) < 4.78 is 0. The molecule has 0 fully saturated rings. The summed E-state index contributed by atoms with van der Waals surface area (Å²) in [7, 11) is 0. The van der Waals surface area contributed by atoms with E-state index in [0.717, 1.165) is 19.3 Å². The van der Waals surface area contributed by atoms with Crippen molar-refractivity contribution in [3.63, 3.8) is 0 Å². The molecule has 0 unspecified atom stereocenters. The van der Waals surface area contributed by atoms with Crippen LogP contribution in [0.25, 0.3) is 0 Å². The van der Waals surface area contributed by atoms with E-state index >= 15 is 0 Å². The van der Waals surface area contributed by atoms with Gasteiger partial charge in [0.25, 0.3) is 0 Å². The van der Waals surface area contributed by atoms with Gasteiger partial charge in [0.15, 0.2) is 0 Å². The van der Waals surface area contributed by atoms with Crippen molar-refractivity contribution in [2.75, 3.05) is 5.32 Å². The molecule has 0 saturated heterocycles. The summed E-state index contributed by atoms with van der Waals surface area (Å²) in [6.07, 6.45) is 4.61. The number of benzene rings is 1. The number of anilines is 1. The molecule has 0 spiro atoms. The number of halogens is 2. The standard InChI is InChI=1S/C15H20Cl2N4/c1-4-15(5-2,6-3)21-14(19-10-18)20-13-8-11(16)7-12(17)9-13/h7-9H,4-6H2,1-3H3,(H2,19,20,21). The van der Waals surface area contributed by atoms with Gasteiger partial charge in [0.2, 0.25) is 12.2 Å². The average Bonchev–Trinajstić information content (AvgIpc) is 2.44. The van der Waals surface area contributed by atoms with Crippen LogP contribution in [0.1, 0.15) is 40.0 Å². The molecular weight excluding hydrogens is 307 g/mol. The number of aliphatic imine (C=N–C) groups is 1. The molecule has 0 bridgehead atoms. The molecular formula is C15H20Cl2N4. The largest absolute Gasteiger partial charge is 0.350 e.